The number of amides is 1. The summed E-state index contributed by atoms with van der Waals surface area (Å²) in [4.78, 5) is 19.1. The van der Waals surface area contributed by atoms with Crippen molar-refractivity contribution in [1.29, 1.82) is 0 Å². The quantitative estimate of drug-likeness (QED) is 0.702. The molecule has 3 rings (SSSR count). The van der Waals surface area contributed by atoms with Crippen LogP contribution in [0, 0.1) is 6.92 Å². The largest absolute Gasteiger partial charge is 0.353 e. The lowest BCUT2D eigenvalue weighted by Gasteiger charge is -2.26. The van der Waals surface area contributed by atoms with Crippen LogP contribution in [0.1, 0.15) is 17.2 Å². The van der Waals surface area contributed by atoms with Gasteiger partial charge in [-0.25, -0.2) is 4.98 Å². The maximum absolute atomic E-state index is 12.6. The first-order valence-electron chi connectivity index (χ1n) is 9.11. The van der Waals surface area contributed by atoms with Gasteiger partial charge in [0.05, 0.1) is 6.04 Å². The molecule has 1 N–H and O–H groups in total. The number of carbonyl (C=O) groups excluding carboxylic acids is 1. The number of nitrogens with one attached hydrogen (secondary N) is 1. The number of benzene rings is 2. The average molecular weight is 362 g/mol. The predicted molar refractivity (Wildman–Crippen MR) is 108 cm³/mol. The molecule has 0 saturated heterocycles. The number of aromatic nitrogens is 2. The minimum Gasteiger partial charge on any atom is -0.353 e. The van der Waals surface area contributed by atoms with E-state index in [1.807, 2.05) is 67.3 Å². The summed E-state index contributed by atoms with van der Waals surface area (Å²) in [6.07, 6.45) is 3.57. The van der Waals surface area contributed by atoms with Crippen LogP contribution in [-0.4, -0.2) is 41.0 Å². The van der Waals surface area contributed by atoms with Crippen LogP contribution in [0.25, 0.3) is 11.4 Å². The molecule has 2 aromatic carbocycles. The van der Waals surface area contributed by atoms with Crippen molar-refractivity contribution in [3.63, 3.8) is 0 Å². The van der Waals surface area contributed by atoms with Crippen LogP contribution in [0.4, 0.5) is 0 Å². The summed E-state index contributed by atoms with van der Waals surface area (Å²) in [5.41, 5.74) is 3.46. The van der Waals surface area contributed by atoms with Crippen LogP contribution >= 0.6 is 0 Å². The number of aryl methyl sites for hydroxylation is 1. The lowest BCUT2D eigenvalue weighted by Crippen LogP contribution is -2.36. The van der Waals surface area contributed by atoms with Crippen molar-refractivity contribution < 1.29 is 4.79 Å². The number of nitrogens with zero attached hydrogens (tertiary/aromatic N) is 3. The minimum absolute atomic E-state index is 0.0226. The standard InChI is InChI=1S/C22H26N4O/c1-17-9-7-8-12-19(17)20(25(2)3)15-24-21(27)16-26-14-13-23-22(26)18-10-5-4-6-11-18/h4-14,20H,15-16H2,1-3H3,(H,24,27)/t20-/m1/s1. The Hall–Kier alpha value is -2.92. The zero-order valence-corrected chi connectivity index (χ0v) is 16.1. The highest BCUT2D eigenvalue weighted by Crippen LogP contribution is 2.21. The summed E-state index contributed by atoms with van der Waals surface area (Å²) in [5.74, 6) is 0.777. The average Bonchev–Trinajstić information content (AvgIpc) is 3.12. The molecule has 1 atom stereocenters. The molecule has 1 heterocycles. The number of hydrogen-bond acceptors (Lipinski definition) is 3. The third-order valence-corrected chi connectivity index (χ3v) is 4.72. The van der Waals surface area contributed by atoms with Crippen molar-refractivity contribution in [2.75, 3.05) is 20.6 Å². The molecule has 0 spiro atoms. The number of likely N-dealkylation sites (N-methyl/N-ethyl adjacent to an activating group) is 1. The molecule has 3 aromatic rings. The van der Waals surface area contributed by atoms with Gasteiger partial charge in [-0.15, -0.1) is 0 Å². The van der Waals surface area contributed by atoms with Gasteiger partial charge in [0.15, 0.2) is 0 Å². The second-order valence-electron chi connectivity index (χ2n) is 6.88. The van der Waals surface area contributed by atoms with Gasteiger partial charge >= 0.3 is 0 Å². The van der Waals surface area contributed by atoms with E-state index in [1.54, 1.807) is 6.20 Å². The van der Waals surface area contributed by atoms with E-state index in [0.29, 0.717) is 6.54 Å². The lowest BCUT2D eigenvalue weighted by molar-refractivity contribution is -0.121. The molecule has 1 aromatic heterocycles. The molecule has 0 saturated carbocycles. The fourth-order valence-corrected chi connectivity index (χ4v) is 3.24. The summed E-state index contributed by atoms with van der Waals surface area (Å²) < 4.78 is 1.88. The molecule has 0 aliphatic heterocycles. The van der Waals surface area contributed by atoms with Gasteiger partial charge in [0.2, 0.25) is 5.91 Å². The van der Waals surface area contributed by atoms with Gasteiger partial charge in [-0.1, -0.05) is 54.6 Å². The van der Waals surface area contributed by atoms with Crippen LogP contribution in [0.2, 0.25) is 0 Å². The molecule has 27 heavy (non-hydrogen) atoms. The molecular weight excluding hydrogens is 336 g/mol. The zero-order valence-electron chi connectivity index (χ0n) is 16.1. The molecule has 0 bridgehead atoms. The van der Waals surface area contributed by atoms with Gasteiger partial charge in [-0.3, -0.25) is 4.79 Å². The van der Waals surface area contributed by atoms with E-state index >= 15 is 0 Å². The SMILES string of the molecule is Cc1ccccc1[C@@H](CNC(=O)Cn1ccnc1-c1ccccc1)N(C)C. The third-order valence-electron chi connectivity index (χ3n) is 4.72. The van der Waals surface area contributed by atoms with E-state index in [1.165, 1.54) is 11.1 Å². The Labute approximate surface area is 160 Å². The first-order valence-corrected chi connectivity index (χ1v) is 9.11. The van der Waals surface area contributed by atoms with Gasteiger partial charge in [-0.2, -0.15) is 0 Å². The second-order valence-corrected chi connectivity index (χ2v) is 6.88. The second kappa shape index (κ2) is 8.64. The van der Waals surface area contributed by atoms with Crippen molar-refractivity contribution in [2.45, 2.75) is 19.5 Å². The van der Waals surface area contributed by atoms with Crippen LogP contribution in [-0.2, 0) is 11.3 Å². The van der Waals surface area contributed by atoms with Crippen molar-refractivity contribution >= 4 is 5.91 Å². The van der Waals surface area contributed by atoms with Crippen LogP contribution < -0.4 is 5.32 Å². The Bertz CT molecular complexity index is 886. The molecule has 0 fully saturated rings. The van der Waals surface area contributed by atoms with E-state index in [0.717, 1.165) is 11.4 Å². The monoisotopic (exact) mass is 362 g/mol. The summed E-state index contributed by atoms with van der Waals surface area (Å²) in [6, 6.07) is 18.3. The molecule has 1 amide bonds. The van der Waals surface area contributed by atoms with E-state index in [-0.39, 0.29) is 18.5 Å². The number of rotatable bonds is 7. The van der Waals surface area contributed by atoms with Crippen molar-refractivity contribution in [1.82, 2.24) is 19.8 Å². The van der Waals surface area contributed by atoms with Crippen LogP contribution in [0.5, 0.6) is 0 Å². The van der Waals surface area contributed by atoms with Gasteiger partial charge in [0.1, 0.15) is 12.4 Å². The smallest absolute Gasteiger partial charge is 0.240 e. The maximum atomic E-state index is 12.6. The Balaban J connectivity index is 1.66. The van der Waals surface area contributed by atoms with Crippen LogP contribution in [0.3, 0.4) is 0 Å². The highest BCUT2D eigenvalue weighted by Gasteiger charge is 2.17. The molecule has 0 aliphatic carbocycles. The summed E-state index contributed by atoms with van der Waals surface area (Å²) in [6.45, 7) is 2.91. The molecule has 0 unspecified atom stereocenters. The molecule has 0 radical (unpaired) electrons. The molecule has 5 heteroatoms. The first-order chi connectivity index (χ1) is 13.1. The van der Waals surface area contributed by atoms with E-state index in [9.17, 15) is 4.79 Å². The Morgan fingerprint density at radius 2 is 1.81 bits per heavy atom. The number of hydrogen-bond donors (Lipinski definition) is 1. The van der Waals surface area contributed by atoms with Crippen molar-refractivity contribution in [3.8, 4) is 11.4 Å². The van der Waals surface area contributed by atoms with E-state index < -0.39 is 0 Å². The fourth-order valence-electron chi connectivity index (χ4n) is 3.24. The van der Waals surface area contributed by atoms with Gasteiger partial charge in [0, 0.05) is 24.5 Å². The fraction of sp³-hybridized carbons (Fsp3) is 0.273. The maximum Gasteiger partial charge on any atom is 0.240 e. The Morgan fingerprint density at radius 1 is 1.11 bits per heavy atom. The molecule has 0 aliphatic rings. The molecular formula is C22H26N4O. The van der Waals surface area contributed by atoms with E-state index in [4.69, 9.17) is 0 Å². The van der Waals surface area contributed by atoms with Crippen molar-refractivity contribution in [3.05, 3.63) is 78.1 Å². The van der Waals surface area contributed by atoms with Gasteiger partial charge in [-0.05, 0) is 32.1 Å². The highest BCUT2D eigenvalue weighted by atomic mass is 16.1. The summed E-state index contributed by atoms with van der Waals surface area (Å²) in [5, 5.41) is 3.08. The summed E-state index contributed by atoms with van der Waals surface area (Å²) in [7, 11) is 4.07. The Morgan fingerprint density at radius 3 is 2.52 bits per heavy atom. The molecule has 5 nitrogen and oxygen atoms in total. The number of carbonyl (C=O) groups is 1. The highest BCUT2D eigenvalue weighted by molar-refractivity contribution is 5.76. The van der Waals surface area contributed by atoms with Crippen molar-refractivity contribution in [2.24, 2.45) is 0 Å². The topological polar surface area (TPSA) is 50.2 Å². The summed E-state index contributed by atoms with van der Waals surface area (Å²) >= 11 is 0. The zero-order chi connectivity index (χ0) is 19.2. The molecule has 140 valence electrons. The van der Waals surface area contributed by atoms with Crippen LogP contribution in [0.15, 0.2) is 67.0 Å². The minimum atomic E-state index is -0.0226. The van der Waals surface area contributed by atoms with Gasteiger partial charge in [0.25, 0.3) is 0 Å². The first kappa shape index (κ1) is 18.9. The predicted octanol–water partition coefficient (Wildman–Crippen LogP) is 3.28. The van der Waals surface area contributed by atoms with E-state index in [2.05, 4.69) is 34.3 Å². The normalized spacial score (nSPS) is 12.1. The lowest BCUT2D eigenvalue weighted by atomic mass is 10.0. The van der Waals surface area contributed by atoms with Gasteiger partial charge < -0.3 is 14.8 Å². The Kier molecular flexibility index (Phi) is 6.04. The third kappa shape index (κ3) is 4.63. The number of imidazole rings is 1.